The van der Waals surface area contributed by atoms with Crippen LogP contribution in [-0.2, 0) is 49.4 Å². The second-order valence-corrected chi connectivity index (χ2v) is 22.2. The second kappa shape index (κ2) is 17.7. The summed E-state index contributed by atoms with van der Waals surface area (Å²) < 4.78 is 19.0. The Balaban J connectivity index is 0.901. The van der Waals surface area contributed by atoms with E-state index in [0.717, 1.165) is 74.5 Å². The fraction of sp³-hybridized carbons (Fsp3) is 0.680. The minimum Gasteiger partial charge on any atom is -0.460 e. The first-order valence-corrected chi connectivity index (χ1v) is 24.6. The second-order valence-electron chi connectivity index (χ2n) is 21.7. The summed E-state index contributed by atoms with van der Waals surface area (Å²) in [6, 6.07) is 7.21. The van der Waals surface area contributed by atoms with Gasteiger partial charge in [0.25, 0.3) is 0 Å². The SMILES string of the molecule is CC(C)(C)OC(=O)CC[C@H](NC(=O)CNC(=O)CBr)C(=O)NC12CCC(Cc3ccc([C@@H]4O[C@@H]5C[C@H]6[C@@H]7CCC8=CC(=O)C=C[C@]8(C)[C@H]7[C@@H](O)C[C@]6(C)[C@]5(C(=O)CO)O4)cc3)(CC1)CC2. The third-order valence-corrected chi connectivity index (χ3v) is 17.2. The molecule has 6 saturated carbocycles. The molecule has 15 heteroatoms. The monoisotopic (exact) mass is 963 g/mol. The van der Waals surface area contributed by atoms with E-state index in [4.69, 9.17) is 14.2 Å². The first-order valence-electron chi connectivity index (χ1n) is 23.5. The zero-order chi connectivity index (χ0) is 46.7. The number of amides is 3. The number of ketones is 2. The first kappa shape index (κ1) is 47.7. The summed E-state index contributed by atoms with van der Waals surface area (Å²) in [6.07, 6.45) is 11.5. The maximum atomic E-state index is 14.0. The Kier molecular flexibility index (Phi) is 13.0. The lowest BCUT2D eigenvalue weighted by Crippen LogP contribution is -2.63. The lowest BCUT2D eigenvalue weighted by Gasteiger charge is -2.59. The van der Waals surface area contributed by atoms with E-state index < -0.39 is 76.4 Å². The Morgan fingerprint density at radius 2 is 1.69 bits per heavy atom. The van der Waals surface area contributed by atoms with Crippen molar-refractivity contribution >= 4 is 51.2 Å². The number of rotatable bonds is 14. The van der Waals surface area contributed by atoms with E-state index in [9.17, 15) is 39.0 Å². The third kappa shape index (κ3) is 8.82. The van der Waals surface area contributed by atoms with Crippen molar-refractivity contribution in [1.29, 1.82) is 0 Å². The molecule has 354 valence electrons. The standard InChI is InChI=1S/C50H66BrN3O11/c1-45(2,3)64-41(61)13-12-35(53-40(60)27-52-39(59)26-51)43(62)54-49-19-16-48(17-20-49,18-21-49)24-29-6-8-30(9-7-29)44-63-38-23-34-33-11-10-31-22-32(56)14-15-46(31,4)42(33)36(57)25-47(34,5)50(38,65-44)37(58)28-55/h6-9,14-15,22,33-36,38,42,44,55,57H,10-13,16-21,23-28H2,1-5H3,(H,52,59)(H,53,60)(H,54,62)/t33-,34-,35-,36-,38+,42+,44+,46-,47-,48?,49?,50+/m0/s1. The molecule has 65 heavy (non-hydrogen) atoms. The zero-order valence-corrected chi connectivity index (χ0v) is 39.9. The highest BCUT2D eigenvalue weighted by atomic mass is 79.9. The van der Waals surface area contributed by atoms with E-state index in [2.05, 4.69) is 50.9 Å². The van der Waals surface area contributed by atoms with Gasteiger partial charge >= 0.3 is 5.97 Å². The predicted octanol–water partition coefficient (Wildman–Crippen LogP) is 5.16. The van der Waals surface area contributed by atoms with Crippen LogP contribution in [-0.4, -0.2) is 98.9 Å². The molecule has 1 aliphatic heterocycles. The number of allylic oxidation sites excluding steroid dienone is 4. The van der Waals surface area contributed by atoms with Gasteiger partial charge in [-0.1, -0.05) is 65.7 Å². The Hall–Kier alpha value is -3.76. The molecule has 7 fully saturated rings. The highest BCUT2D eigenvalue weighted by molar-refractivity contribution is 9.09. The molecular formula is C50H66BrN3O11. The van der Waals surface area contributed by atoms with Gasteiger partial charge in [0.15, 0.2) is 23.5 Å². The fourth-order valence-corrected chi connectivity index (χ4v) is 13.7. The third-order valence-electron chi connectivity index (χ3n) is 16.7. The van der Waals surface area contributed by atoms with Gasteiger partial charge < -0.3 is 40.4 Å². The van der Waals surface area contributed by atoms with Crippen LogP contribution < -0.4 is 16.0 Å². The number of esters is 1. The van der Waals surface area contributed by atoms with E-state index in [-0.39, 0.29) is 65.5 Å². The number of benzene rings is 1. The fourth-order valence-electron chi connectivity index (χ4n) is 13.5. The molecule has 7 aliphatic carbocycles. The summed E-state index contributed by atoms with van der Waals surface area (Å²) in [7, 11) is 0. The van der Waals surface area contributed by atoms with Crippen LogP contribution in [0.3, 0.4) is 0 Å². The predicted molar refractivity (Wildman–Crippen MR) is 242 cm³/mol. The van der Waals surface area contributed by atoms with Crippen LogP contribution in [0.4, 0.5) is 0 Å². The highest BCUT2D eigenvalue weighted by Crippen LogP contribution is 2.70. The lowest BCUT2D eigenvalue weighted by atomic mass is 9.46. The molecule has 2 bridgehead atoms. The van der Waals surface area contributed by atoms with Crippen molar-refractivity contribution in [2.24, 2.45) is 34.0 Å². The van der Waals surface area contributed by atoms with Gasteiger partial charge in [-0.3, -0.25) is 28.8 Å². The number of hydrogen-bond donors (Lipinski definition) is 5. The van der Waals surface area contributed by atoms with Gasteiger partial charge in [-0.05, 0) is 133 Å². The van der Waals surface area contributed by atoms with E-state index >= 15 is 0 Å². The Morgan fingerprint density at radius 1 is 1.00 bits per heavy atom. The highest BCUT2D eigenvalue weighted by Gasteiger charge is 2.76. The molecule has 14 nitrogen and oxygen atoms in total. The number of alkyl halides is 1. The molecule has 0 unspecified atom stereocenters. The average Bonchev–Trinajstić information content (AvgIpc) is 3.77. The topological polar surface area (TPSA) is 207 Å². The molecule has 1 saturated heterocycles. The lowest BCUT2D eigenvalue weighted by molar-refractivity contribution is -0.201. The van der Waals surface area contributed by atoms with Gasteiger partial charge in [-0.25, -0.2) is 0 Å². The maximum absolute atomic E-state index is 14.0. The van der Waals surface area contributed by atoms with Crippen LogP contribution in [0.25, 0.3) is 0 Å². The summed E-state index contributed by atoms with van der Waals surface area (Å²) in [5.74, 6) is -2.18. The maximum Gasteiger partial charge on any atom is 0.306 e. The number of carbonyl (C=O) groups is 6. The molecule has 9 rings (SSSR count). The van der Waals surface area contributed by atoms with E-state index in [0.29, 0.717) is 12.8 Å². The molecule has 0 radical (unpaired) electrons. The number of aliphatic hydroxyl groups excluding tert-OH is 2. The Labute approximate surface area is 389 Å². The van der Waals surface area contributed by atoms with Crippen LogP contribution in [0.1, 0.15) is 129 Å². The van der Waals surface area contributed by atoms with Crippen molar-refractivity contribution < 1.29 is 53.2 Å². The molecule has 8 aliphatic rings. The molecule has 1 heterocycles. The molecule has 3 amide bonds. The van der Waals surface area contributed by atoms with Crippen LogP contribution >= 0.6 is 15.9 Å². The summed E-state index contributed by atoms with van der Waals surface area (Å²) in [5, 5.41) is 31.0. The number of carbonyl (C=O) groups excluding carboxylic acids is 6. The molecule has 1 aromatic carbocycles. The van der Waals surface area contributed by atoms with Crippen LogP contribution in [0, 0.1) is 34.0 Å². The van der Waals surface area contributed by atoms with Crippen molar-refractivity contribution in [1.82, 2.24) is 16.0 Å². The van der Waals surface area contributed by atoms with Gasteiger partial charge in [0.2, 0.25) is 17.7 Å². The molecule has 1 aromatic rings. The number of halogens is 1. The summed E-state index contributed by atoms with van der Waals surface area (Å²) in [6.45, 7) is 8.48. The van der Waals surface area contributed by atoms with Gasteiger partial charge in [0.1, 0.15) is 18.2 Å². The zero-order valence-electron chi connectivity index (χ0n) is 38.3. The van der Waals surface area contributed by atoms with Gasteiger partial charge in [-0.2, -0.15) is 0 Å². The number of ether oxygens (including phenoxy) is 3. The van der Waals surface area contributed by atoms with Crippen molar-refractivity contribution in [3.8, 4) is 0 Å². The van der Waals surface area contributed by atoms with E-state index in [1.165, 1.54) is 0 Å². The van der Waals surface area contributed by atoms with Crippen LogP contribution in [0.5, 0.6) is 0 Å². The van der Waals surface area contributed by atoms with Crippen LogP contribution in [0.2, 0.25) is 0 Å². The quantitative estimate of drug-likeness (QED) is 0.122. The molecular weight excluding hydrogens is 898 g/mol. The Bertz CT molecular complexity index is 2130. The average molecular weight is 965 g/mol. The van der Waals surface area contributed by atoms with Gasteiger partial charge in [-0.15, -0.1) is 0 Å². The van der Waals surface area contributed by atoms with Crippen molar-refractivity contribution in [2.75, 3.05) is 18.5 Å². The van der Waals surface area contributed by atoms with Crippen molar-refractivity contribution in [3.63, 3.8) is 0 Å². The largest absolute Gasteiger partial charge is 0.460 e. The summed E-state index contributed by atoms with van der Waals surface area (Å²) in [4.78, 5) is 77.3. The summed E-state index contributed by atoms with van der Waals surface area (Å²) in [5.41, 5.74) is -0.707. The van der Waals surface area contributed by atoms with Gasteiger partial charge in [0, 0.05) is 34.3 Å². The van der Waals surface area contributed by atoms with Crippen molar-refractivity contribution in [3.05, 3.63) is 59.2 Å². The first-order chi connectivity index (χ1) is 30.7. The number of aliphatic hydroxyl groups is 2. The minimum absolute atomic E-state index is 0.0115. The molecule has 5 N–H and O–H groups in total. The van der Waals surface area contributed by atoms with E-state index in [1.54, 1.807) is 32.9 Å². The minimum atomic E-state index is -1.42. The van der Waals surface area contributed by atoms with Gasteiger partial charge in [0.05, 0.1) is 24.1 Å². The molecule has 0 spiro atoms. The number of fused-ring (bicyclic) bond motifs is 10. The number of Topliss-reactive ketones (excluding diaryl/α,β-unsaturated/α-hetero) is 1. The van der Waals surface area contributed by atoms with Crippen molar-refractivity contribution in [2.45, 2.75) is 159 Å². The number of nitrogens with one attached hydrogen (secondary N) is 3. The molecule has 0 aromatic heterocycles. The van der Waals surface area contributed by atoms with E-state index in [1.807, 2.05) is 25.1 Å². The summed E-state index contributed by atoms with van der Waals surface area (Å²) >= 11 is 3.06. The molecule has 10 atom stereocenters. The number of hydrogen-bond acceptors (Lipinski definition) is 11. The van der Waals surface area contributed by atoms with Crippen LogP contribution in [0.15, 0.2) is 48.1 Å². The Morgan fingerprint density at radius 3 is 2.34 bits per heavy atom. The normalized spacial score (nSPS) is 37.2. The smallest absolute Gasteiger partial charge is 0.306 e.